The lowest BCUT2D eigenvalue weighted by Crippen LogP contribution is -2.32. The third kappa shape index (κ3) is 5.47. The lowest BCUT2D eigenvalue weighted by Gasteiger charge is -2.29. The molecule has 0 heterocycles. The van der Waals surface area contributed by atoms with Crippen LogP contribution in [-0.4, -0.2) is 29.0 Å². The van der Waals surface area contributed by atoms with E-state index < -0.39 is 18.3 Å². The van der Waals surface area contributed by atoms with E-state index in [0.29, 0.717) is 22.4 Å². The molecule has 0 bridgehead atoms. The molecule has 0 aliphatic heterocycles. The molecule has 0 radical (unpaired) electrons. The fourth-order valence-corrected chi connectivity index (χ4v) is 3.87. The average Bonchev–Trinajstić information content (AvgIpc) is 2.85. The van der Waals surface area contributed by atoms with E-state index in [2.05, 4.69) is 5.32 Å². The molecular formula is C28H27NO5. The number of rotatable bonds is 8. The van der Waals surface area contributed by atoms with Crippen LogP contribution in [0.3, 0.4) is 0 Å². The molecule has 0 saturated heterocycles. The highest BCUT2D eigenvalue weighted by atomic mass is 16.6. The Morgan fingerprint density at radius 1 is 0.882 bits per heavy atom. The number of nitrogens with one attached hydrogen (secondary N) is 1. The summed E-state index contributed by atoms with van der Waals surface area (Å²) in [5.41, 5.74) is 2.35. The van der Waals surface area contributed by atoms with Gasteiger partial charge in [-0.25, -0.2) is 4.79 Å². The Morgan fingerprint density at radius 2 is 1.56 bits per heavy atom. The zero-order chi connectivity index (χ0) is 23.9. The number of fused-ring (bicyclic) bond motifs is 1. The quantitative estimate of drug-likeness (QED) is 0.303. The molecule has 4 aromatic rings. The van der Waals surface area contributed by atoms with E-state index in [1.807, 2.05) is 67.6 Å². The highest BCUT2D eigenvalue weighted by Gasteiger charge is 2.30. The van der Waals surface area contributed by atoms with E-state index in [9.17, 15) is 15.0 Å². The number of aliphatic hydroxyl groups excluding tert-OH is 1. The second kappa shape index (κ2) is 10.7. The fourth-order valence-electron chi connectivity index (χ4n) is 3.87. The van der Waals surface area contributed by atoms with E-state index in [1.54, 1.807) is 30.3 Å². The molecule has 1 amide bonds. The number of ether oxygens (including phenoxy) is 2. The third-order valence-electron chi connectivity index (χ3n) is 5.56. The van der Waals surface area contributed by atoms with Crippen molar-refractivity contribution in [1.29, 1.82) is 0 Å². The van der Waals surface area contributed by atoms with Crippen molar-refractivity contribution in [1.82, 2.24) is 0 Å². The molecule has 0 fully saturated rings. The van der Waals surface area contributed by atoms with Gasteiger partial charge >= 0.3 is 6.09 Å². The molecule has 6 nitrogen and oxygen atoms in total. The number of aromatic hydroxyl groups is 1. The van der Waals surface area contributed by atoms with Crippen LogP contribution in [0.15, 0.2) is 91.0 Å². The molecule has 2 atom stereocenters. The fraction of sp³-hybridized carbons (Fsp3) is 0.179. The van der Waals surface area contributed by atoms with Crippen LogP contribution in [0.25, 0.3) is 10.8 Å². The van der Waals surface area contributed by atoms with E-state index in [0.717, 1.165) is 10.9 Å². The Labute approximate surface area is 198 Å². The maximum atomic E-state index is 12.9. The first-order valence-corrected chi connectivity index (χ1v) is 11.1. The summed E-state index contributed by atoms with van der Waals surface area (Å²) in [5.74, 6) is 0.724. The van der Waals surface area contributed by atoms with Gasteiger partial charge in [-0.1, -0.05) is 66.2 Å². The minimum absolute atomic E-state index is 0.130. The standard InChI is InChI=1S/C28H27NO5/c1-19-11-13-20(14-12-19)29-28(32)34-27(26(17-18-30)33-21-7-3-2-4-8-21)24-15-16-25(31)23-10-6-5-9-22(23)24/h2-16,26-27,30-31H,17-18H2,1H3,(H,29,32)/t26-,27-/m1/s1. The molecule has 0 unspecified atom stereocenters. The van der Waals surface area contributed by atoms with E-state index in [-0.39, 0.29) is 18.8 Å². The van der Waals surface area contributed by atoms with Crippen LogP contribution in [0.2, 0.25) is 0 Å². The van der Waals surface area contributed by atoms with E-state index in [4.69, 9.17) is 9.47 Å². The van der Waals surface area contributed by atoms with Crippen molar-refractivity contribution >= 4 is 22.6 Å². The molecule has 0 saturated carbocycles. The monoisotopic (exact) mass is 457 g/mol. The highest BCUT2D eigenvalue weighted by molar-refractivity contribution is 5.91. The maximum absolute atomic E-state index is 12.9. The van der Waals surface area contributed by atoms with Gasteiger partial charge in [0.25, 0.3) is 0 Å². The molecule has 4 rings (SSSR count). The van der Waals surface area contributed by atoms with Crippen molar-refractivity contribution in [2.24, 2.45) is 0 Å². The van der Waals surface area contributed by atoms with Gasteiger partial charge < -0.3 is 19.7 Å². The number of aryl methyl sites for hydroxylation is 1. The lowest BCUT2D eigenvalue weighted by molar-refractivity contribution is 0.00983. The van der Waals surface area contributed by atoms with Gasteiger partial charge in [0.15, 0.2) is 6.10 Å². The summed E-state index contributed by atoms with van der Waals surface area (Å²) in [5, 5.41) is 24.3. The Kier molecular flexibility index (Phi) is 7.30. The summed E-state index contributed by atoms with van der Waals surface area (Å²) in [6.07, 6.45) is -1.95. The third-order valence-corrected chi connectivity index (χ3v) is 5.56. The Bertz CT molecular complexity index is 1240. The van der Waals surface area contributed by atoms with Crippen LogP contribution >= 0.6 is 0 Å². The molecule has 0 spiro atoms. The Balaban J connectivity index is 1.71. The van der Waals surface area contributed by atoms with Crippen molar-refractivity contribution in [2.45, 2.75) is 25.6 Å². The average molecular weight is 458 g/mol. The molecule has 4 aromatic carbocycles. The van der Waals surface area contributed by atoms with Crippen LogP contribution in [0.5, 0.6) is 11.5 Å². The number of carbonyl (C=O) groups is 1. The van der Waals surface area contributed by atoms with Gasteiger partial charge in [0, 0.05) is 29.7 Å². The SMILES string of the molecule is Cc1ccc(NC(=O)O[C@H](c2ccc(O)c3ccccc23)[C@@H](CCO)Oc2ccccc2)cc1. The van der Waals surface area contributed by atoms with Crippen molar-refractivity contribution in [3.63, 3.8) is 0 Å². The Hall–Kier alpha value is -4.03. The van der Waals surface area contributed by atoms with Crippen LogP contribution < -0.4 is 10.1 Å². The first kappa shape index (κ1) is 23.1. The number of phenolic OH excluding ortho intramolecular Hbond substituents is 1. The Morgan fingerprint density at radius 3 is 2.26 bits per heavy atom. The summed E-state index contributed by atoms with van der Waals surface area (Å²) in [6, 6.07) is 27.2. The number of anilines is 1. The predicted octanol–water partition coefficient (Wildman–Crippen LogP) is 5.97. The van der Waals surface area contributed by atoms with Gasteiger partial charge in [0.1, 0.15) is 17.6 Å². The topological polar surface area (TPSA) is 88.0 Å². The number of aliphatic hydroxyl groups is 1. The highest BCUT2D eigenvalue weighted by Crippen LogP contribution is 2.36. The summed E-state index contributed by atoms with van der Waals surface area (Å²) in [6.45, 7) is 1.81. The molecular weight excluding hydrogens is 430 g/mol. The summed E-state index contributed by atoms with van der Waals surface area (Å²) in [4.78, 5) is 12.9. The number of amides is 1. The smallest absolute Gasteiger partial charge is 0.412 e. The van der Waals surface area contributed by atoms with Crippen LogP contribution in [0.1, 0.15) is 23.7 Å². The molecule has 6 heteroatoms. The second-order valence-corrected chi connectivity index (χ2v) is 8.02. The number of phenols is 1. The van der Waals surface area contributed by atoms with Crippen molar-refractivity contribution in [3.8, 4) is 11.5 Å². The van der Waals surface area contributed by atoms with Gasteiger partial charge in [-0.2, -0.15) is 0 Å². The molecule has 0 aliphatic rings. The van der Waals surface area contributed by atoms with E-state index >= 15 is 0 Å². The van der Waals surface area contributed by atoms with Crippen molar-refractivity contribution in [2.75, 3.05) is 11.9 Å². The van der Waals surface area contributed by atoms with Gasteiger partial charge in [-0.3, -0.25) is 5.32 Å². The molecule has 174 valence electrons. The van der Waals surface area contributed by atoms with Gasteiger partial charge in [0.2, 0.25) is 0 Å². The van der Waals surface area contributed by atoms with Crippen LogP contribution in [-0.2, 0) is 4.74 Å². The number of hydrogen-bond acceptors (Lipinski definition) is 5. The second-order valence-electron chi connectivity index (χ2n) is 8.02. The molecule has 34 heavy (non-hydrogen) atoms. The zero-order valence-electron chi connectivity index (χ0n) is 18.8. The van der Waals surface area contributed by atoms with Gasteiger partial charge in [0.05, 0.1) is 0 Å². The first-order chi connectivity index (χ1) is 16.5. The number of carbonyl (C=O) groups excluding carboxylic acids is 1. The minimum atomic E-state index is -0.858. The molecule has 0 aliphatic carbocycles. The van der Waals surface area contributed by atoms with Crippen molar-refractivity contribution < 1.29 is 24.5 Å². The summed E-state index contributed by atoms with van der Waals surface area (Å²) < 4.78 is 12.1. The summed E-state index contributed by atoms with van der Waals surface area (Å²) >= 11 is 0. The molecule has 0 aromatic heterocycles. The largest absolute Gasteiger partial charge is 0.507 e. The number of hydrogen-bond donors (Lipinski definition) is 3. The maximum Gasteiger partial charge on any atom is 0.412 e. The normalized spacial score (nSPS) is 12.6. The first-order valence-electron chi connectivity index (χ1n) is 11.1. The van der Waals surface area contributed by atoms with Gasteiger partial charge in [-0.15, -0.1) is 0 Å². The number of para-hydroxylation sites is 1. The van der Waals surface area contributed by atoms with E-state index in [1.165, 1.54) is 0 Å². The van der Waals surface area contributed by atoms with Crippen LogP contribution in [0, 0.1) is 6.92 Å². The molecule has 3 N–H and O–H groups in total. The predicted molar refractivity (Wildman–Crippen MR) is 132 cm³/mol. The van der Waals surface area contributed by atoms with Gasteiger partial charge in [-0.05, 0) is 42.6 Å². The van der Waals surface area contributed by atoms with Crippen LogP contribution in [0.4, 0.5) is 10.5 Å². The summed E-state index contributed by atoms with van der Waals surface area (Å²) in [7, 11) is 0. The lowest BCUT2D eigenvalue weighted by atomic mass is 9.95. The number of benzene rings is 4. The zero-order valence-corrected chi connectivity index (χ0v) is 18.8. The van der Waals surface area contributed by atoms with Crippen molar-refractivity contribution in [3.05, 3.63) is 102 Å². The minimum Gasteiger partial charge on any atom is -0.507 e.